The minimum atomic E-state index is 0.722. The average Bonchev–Trinajstić information content (AvgIpc) is 2.81. The third kappa shape index (κ3) is 2.64. The zero-order chi connectivity index (χ0) is 11.5. The van der Waals surface area contributed by atoms with Crippen molar-refractivity contribution >= 4 is 0 Å². The van der Waals surface area contributed by atoms with Gasteiger partial charge in [-0.1, -0.05) is 13.8 Å². The van der Waals surface area contributed by atoms with Gasteiger partial charge in [-0.25, -0.2) is 0 Å². The summed E-state index contributed by atoms with van der Waals surface area (Å²) in [7, 11) is 2.00. The average molecular weight is 221 g/mol. The predicted molar refractivity (Wildman–Crippen MR) is 66.2 cm³/mol. The molecule has 1 aliphatic rings. The van der Waals surface area contributed by atoms with Gasteiger partial charge in [-0.05, 0) is 31.6 Å². The molecule has 1 saturated carbocycles. The van der Waals surface area contributed by atoms with Crippen LogP contribution < -0.4 is 5.32 Å². The van der Waals surface area contributed by atoms with Crippen LogP contribution in [-0.4, -0.2) is 15.8 Å². The summed E-state index contributed by atoms with van der Waals surface area (Å²) in [6, 6.07) is 0.722. The molecule has 0 aromatic carbocycles. The van der Waals surface area contributed by atoms with Crippen molar-refractivity contribution < 1.29 is 0 Å². The summed E-state index contributed by atoms with van der Waals surface area (Å²) < 4.78 is 1.92. The van der Waals surface area contributed by atoms with Crippen LogP contribution in [0.15, 0.2) is 6.20 Å². The molecule has 0 spiro atoms. The van der Waals surface area contributed by atoms with Gasteiger partial charge in [0.25, 0.3) is 0 Å². The van der Waals surface area contributed by atoms with Gasteiger partial charge in [-0.15, -0.1) is 0 Å². The largest absolute Gasteiger partial charge is 0.310 e. The molecule has 1 heterocycles. The normalized spacial score (nSPS) is 25.2. The van der Waals surface area contributed by atoms with Crippen LogP contribution in [0.3, 0.4) is 0 Å². The smallest absolute Gasteiger partial charge is 0.0666 e. The summed E-state index contributed by atoms with van der Waals surface area (Å²) in [5, 5.41) is 8.13. The zero-order valence-corrected chi connectivity index (χ0v) is 10.7. The Labute approximate surface area is 98.2 Å². The fraction of sp³-hybridized carbons (Fsp3) is 0.769. The Morgan fingerprint density at radius 3 is 2.94 bits per heavy atom. The standard InChI is InChI=1S/C13H23N3/c1-4-13-11(9-16(3)15-13)8-14-12-6-5-10(2)7-12/h9-10,12,14H,4-8H2,1-3H3. The molecule has 1 aromatic rings. The molecule has 0 radical (unpaired) electrons. The fourth-order valence-corrected chi connectivity index (χ4v) is 2.68. The first kappa shape index (κ1) is 11.6. The van der Waals surface area contributed by atoms with Crippen LogP contribution in [0.1, 0.15) is 44.4 Å². The second-order valence-corrected chi connectivity index (χ2v) is 5.12. The van der Waals surface area contributed by atoms with E-state index in [9.17, 15) is 0 Å². The molecule has 3 nitrogen and oxygen atoms in total. The van der Waals surface area contributed by atoms with Crippen molar-refractivity contribution in [2.75, 3.05) is 0 Å². The molecule has 0 saturated heterocycles. The number of aromatic nitrogens is 2. The van der Waals surface area contributed by atoms with E-state index in [0.717, 1.165) is 24.9 Å². The highest BCUT2D eigenvalue weighted by atomic mass is 15.3. The fourth-order valence-electron chi connectivity index (χ4n) is 2.68. The number of hydrogen-bond donors (Lipinski definition) is 1. The first-order valence-corrected chi connectivity index (χ1v) is 6.43. The van der Waals surface area contributed by atoms with E-state index in [2.05, 4.69) is 30.5 Å². The van der Waals surface area contributed by atoms with Crippen molar-refractivity contribution in [2.45, 2.75) is 52.1 Å². The second-order valence-electron chi connectivity index (χ2n) is 5.12. The van der Waals surface area contributed by atoms with Crippen LogP contribution in [0.5, 0.6) is 0 Å². The van der Waals surface area contributed by atoms with Crippen LogP contribution in [0, 0.1) is 5.92 Å². The van der Waals surface area contributed by atoms with E-state index in [4.69, 9.17) is 0 Å². The van der Waals surface area contributed by atoms with E-state index >= 15 is 0 Å². The lowest BCUT2D eigenvalue weighted by atomic mass is 10.1. The maximum Gasteiger partial charge on any atom is 0.0666 e. The van der Waals surface area contributed by atoms with Crippen molar-refractivity contribution in [3.05, 3.63) is 17.5 Å². The quantitative estimate of drug-likeness (QED) is 0.845. The molecular formula is C13H23N3. The highest BCUT2D eigenvalue weighted by molar-refractivity contribution is 5.16. The van der Waals surface area contributed by atoms with Crippen LogP contribution >= 0.6 is 0 Å². The minimum absolute atomic E-state index is 0.722. The highest BCUT2D eigenvalue weighted by Gasteiger charge is 2.20. The molecule has 2 unspecified atom stereocenters. The van der Waals surface area contributed by atoms with E-state index in [1.165, 1.54) is 30.5 Å². The molecule has 0 aliphatic heterocycles. The lowest BCUT2D eigenvalue weighted by Gasteiger charge is -2.11. The van der Waals surface area contributed by atoms with Gasteiger partial charge < -0.3 is 5.32 Å². The summed E-state index contributed by atoms with van der Waals surface area (Å²) in [5.74, 6) is 0.900. The maximum absolute atomic E-state index is 4.47. The van der Waals surface area contributed by atoms with Crippen molar-refractivity contribution in [1.29, 1.82) is 0 Å². The summed E-state index contributed by atoms with van der Waals surface area (Å²) in [4.78, 5) is 0. The minimum Gasteiger partial charge on any atom is -0.310 e. The lowest BCUT2D eigenvalue weighted by molar-refractivity contribution is 0.501. The van der Waals surface area contributed by atoms with Crippen molar-refractivity contribution in [2.24, 2.45) is 13.0 Å². The Kier molecular flexibility index (Phi) is 3.64. The van der Waals surface area contributed by atoms with Gasteiger partial charge in [0, 0.05) is 31.4 Å². The Morgan fingerprint density at radius 2 is 2.31 bits per heavy atom. The summed E-state index contributed by atoms with van der Waals surface area (Å²) in [6.07, 6.45) is 7.22. The van der Waals surface area contributed by atoms with Crippen LogP contribution in [0.4, 0.5) is 0 Å². The third-order valence-electron chi connectivity index (χ3n) is 3.60. The Morgan fingerprint density at radius 1 is 1.50 bits per heavy atom. The van der Waals surface area contributed by atoms with Gasteiger partial charge in [0.2, 0.25) is 0 Å². The molecule has 90 valence electrons. The van der Waals surface area contributed by atoms with E-state index in [0.29, 0.717) is 0 Å². The van der Waals surface area contributed by atoms with Gasteiger partial charge in [0.1, 0.15) is 0 Å². The molecular weight excluding hydrogens is 198 g/mol. The number of aryl methyl sites for hydroxylation is 2. The number of hydrogen-bond acceptors (Lipinski definition) is 2. The van der Waals surface area contributed by atoms with Crippen LogP contribution in [0.25, 0.3) is 0 Å². The number of nitrogens with one attached hydrogen (secondary N) is 1. The second kappa shape index (κ2) is 5.00. The molecule has 3 heteroatoms. The summed E-state index contributed by atoms with van der Waals surface area (Å²) in [6.45, 7) is 5.50. The van der Waals surface area contributed by atoms with E-state index in [-0.39, 0.29) is 0 Å². The predicted octanol–water partition coefficient (Wildman–Crippen LogP) is 2.26. The molecule has 16 heavy (non-hydrogen) atoms. The highest BCUT2D eigenvalue weighted by Crippen LogP contribution is 2.24. The number of nitrogens with zero attached hydrogens (tertiary/aromatic N) is 2. The van der Waals surface area contributed by atoms with Gasteiger partial charge in [-0.2, -0.15) is 5.10 Å². The first-order valence-electron chi connectivity index (χ1n) is 6.43. The van der Waals surface area contributed by atoms with Crippen LogP contribution in [0.2, 0.25) is 0 Å². The Bertz CT molecular complexity index is 343. The lowest BCUT2D eigenvalue weighted by Crippen LogP contribution is -2.26. The third-order valence-corrected chi connectivity index (χ3v) is 3.60. The Balaban J connectivity index is 1.89. The van der Waals surface area contributed by atoms with Crippen molar-refractivity contribution in [3.8, 4) is 0 Å². The van der Waals surface area contributed by atoms with Gasteiger partial charge in [-0.3, -0.25) is 4.68 Å². The first-order chi connectivity index (χ1) is 7.69. The molecule has 1 N–H and O–H groups in total. The SMILES string of the molecule is CCc1nn(C)cc1CNC1CCC(C)C1. The van der Waals surface area contributed by atoms with Gasteiger partial charge in [0.05, 0.1) is 5.69 Å². The molecule has 1 fully saturated rings. The van der Waals surface area contributed by atoms with Crippen LogP contribution in [-0.2, 0) is 20.0 Å². The summed E-state index contributed by atoms with van der Waals surface area (Å²) in [5.41, 5.74) is 2.60. The Hall–Kier alpha value is -0.830. The van der Waals surface area contributed by atoms with Crippen molar-refractivity contribution in [1.82, 2.24) is 15.1 Å². The number of rotatable bonds is 4. The molecule has 1 aliphatic carbocycles. The molecule has 2 rings (SSSR count). The molecule has 2 atom stereocenters. The molecule has 0 bridgehead atoms. The molecule has 0 amide bonds. The van der Waals surface area contributed by atoms with Crippen molar-refractivity contribution in [3.63, 3.8) is 0 Å². The van der Waals surface area contributed by atoms with Gasteiger partial charge in [0.15, 0.2) is 0 Å². The zero-order valence-electron chi connectivity index (χ0n) is 10.7. The molecule has 1 aromatic heterocycles. The maximum atomic E-state index is 4.47. The van der Waals surface area contributed by atoms with E-state index in [1.54, 1.807) is 0 Å². The summed E-state index contributed by atoms with van der Waals surface area (Å²) >= 11 is 0. The topological polar surface area (TPSA) is 29.9 Å². The van der Waals surface area contributed by atoms with E-state index in [1.807, 2.05) is 11.7 Å². The van der Waals surface area contributed by atoms with E-state index < -0.39 is 0 Å². The van der Waals surface area contributed by atoms with Gasteiger partial charge >= 0.3 is 0 Å². The monoisotopic (exact) mass is 221 g/mol.